The molecule has 0 aromatic heterocycles. The maximum atomic E-state index is 12.3. The summed E-state index contributed by atoms with van der Waals surface area (Å²) in [6, 6.07) is -0.129. The molecule has 2 aliphatic rings. The normalized spacial score (nSPS) is 23.4. The highest BCUT2D eigenvalue weighted by Crippen LogP contribution is 2.37. The second-order valence-corrected chi connectivity index (χ2v) is 6.48. The summed E-state index contributed by atoms with van der Waals surface area (Å²) in [5, 5.41) is 2.68. The van der Waals surface area contributed by atoms with Crippen molar-refractivity contribution >= 4 is 24.2 Å². The number of nitrogens with two attached hydrogens (primary N) is 1. The smallest absolute Gasteiger partial charge is 0.242 e. The molecule has 1 saturated carbocycles. The molecule has 2 amide bonds. The minimum absolute atomic E-state index is 0. The van der Waals surface area contributed by atoms with Crippen LogP contribution in [0.5, 0.6) is 0 Å². The summed E-state index contributed by atoms with van der Waals surface area (Å²) in [7, 11) is 0. The first kappa shape index (κ1) is 18.2. The van der Waals surface area contributed by atoms with Crippen LogP contribution in [-0.2, 0) is 9.59 Å². The average molecular weight is 318 g/mol. The van der Waals surface area contributed by atoms with Crippen molar-refractivity contribution in [1.29, 1.82) is 0 Å². The van der Waals surface area contributed by atoms with Gasteiger partial charge in [0, 0.05) is 12.6 Å². The second-order valence-electron chi connectivity index (χ2n) is 6.48. The van der Waals surface area contributed by atoms with Crippen molar-refractivity contribution in [2.75, 3.05) is 13.1 Å². The van der Waals surface area contributed by atoms with Crippen molar-refractivity contribution < 1.29 is 9.59 Å². The van der Waals surface area contributed by atoms with Gasteiger partial charge in [-0.05, 0) is 37.5 Å². The summed E-state index contributed by atoms with van der Waals surface area (Å²) >= 11 is 0. The largest absolute Gasteiger partial charge is 0.346 e. The van der Waals surface area contributed by atoms with Crippen molar-refractivity contribution in [3.8, 4) is 0 Å². The van der Waals surface area contributed by atoms with E-state index in [2.05, 4.69) is 5.32 Å². The highest BCUT2D eigenvalue weighted by atomic mass is 35.5. The molecule has 0 bridgehead atoms. The summed E-state index contributed by atoms with van der Waals surface area (Å²) in [5.74, 6) is 0.589. The van der Waals surface area contributed by atoms with E-state index >= 15 is 0 Å². The van der Waals surface area contributed by atoms with Gasteiger partial charge in [0.05, 0.1) is 12.6 Å². The SMILES string of the molecule is CC(C)[C@H](N)C(=O)NCC(=O)N1CCCC1C1CCC1.Cl. The van der Waals surface area contributed by atoms with Crippen molar-refractivity contribution in [1.82, 2.24) is 10.2 Å². The number of hydrogen-bond acceptors (Lipinski definition) is 3. The van der Waals surface area contributed by atoms with Gasteiger partial charge in [-0.1, -0.05) is 20.3 Å². The first-order chi connectivity index (χ1) is 9.50. The van der Waals surface area contributed by atoms with Crippen LogP contribution in [0.2, 0.25) is 0 Å². The van der Waals surface area contributed by atoms with Crippen molar-refractivity contribution in [2.45, 2.75) is 58.0 Å². The predicted octanol–water partition coefficient (Wildman–Crippen LogP) is 1.30. The van der Waals surface area contributed by atoms with E-state index in [0.717, 1.165) is 19.4 Å². The van der Waals surface area contributed by atoms with Gasteiger partial charge in [-0.3, -0.25) is 9.59 Å². The number of carbonyl (C=O) groups is 2. The molecule has 1 heterocycles. The van der Waals surface area contributed by atoms with E-state index in [0.29, 0.717) is 12.0 Å². The van der Waals surface area contributed by atoms with Crippen LogP contribution in [0, 0.1) is 11.8 Å². The van der Waals surface area contributed by atoms with Crippen LogP contribution in [0.15, 0.2) is 0 Å². The third-order valence-electron chi connectivity index (χ3n) is 4.75. The zero-order valence-corrected chi connectivity index (χ0v) is 13.8. The van der Waals surface area contributed by atoms with E-state index in [4.69, 9.17) is 5.73 Å². The van der Waals surface area contributed by atoms with E-state index in [1.54, 1.807) is 0 Å². The molecule has 0 aromatic rings. The maximum absolute atomic E-state index is 12.3. The Morgan fingerprint density at radius 3 is 2.43 bits per heavy atom. The number of nitrogens with one attached hydrogen (secondary N) is 1. The Hall–Kier alpha value is -0.810. The Labute approximate surface area is 133 Å². The zero-order valence-electron chi connectivity index (χ0n) is 13.0. The summed E-state index contributed by atoms with van der Waals surface area (Å²) in [4.78, 5) is 26.0. The molecule has 1 aliphatic heterocycles. The lowest BCUT2D eigenvalue weighted by atomic mass is 9.79. The minimum atomic E-state index is -0.538. The molecule has 1 aliphatic carbocycles. The molecule has 6 heteroatoms. The van der Waals surface area contributed by atoms with E-state index in [9.17, 15) is 9.59 Å². The van der Waals surface area contributed by atoms with E-state index in [1.807, 2.05) is 18.7 Å². The van der Waals surface area contributed by atoms with Gasteiger partial charge >= 0.3 is 0 Å². The molecule has 0 radical (unpaired) electrons. The van der Waals surface area contributed by atoms with Crippen molar-refractivity contribution in [3.05, 3.63) is 0 Å². The molecule has 0 spiro atoms. The quantitative estimate of drug-likeness (QED) is 0.802. The number of carbonyl (C=O) groups excluding carboxylic acids is 2. The summed E-state index contributed by atoms with van der Waals surface area (Å²) in [6.45, 7) is 4.73. The lowest BCUT2D eigenvalue weighted by Crippen LogP contribution is -2.50. The second kappa shape index (κ2) is 7.99. The van der Waals surface area contributed by atoms with Gasteiger partial charge in [0.25, 0.3) is 0 Å². The maximum Gasteiger partial charge on any atom is 0.242 e. The van der Waals surface area contributed by atoms with Crippen molar-refractivity contribution in [3.63, 3.8) is 0 Å². The molecular formula is C15H28ClN3O2. The molecule has 1 unspecified atom stereocenters. The molecule has 21 heavy (non-hydrogen) atoms. The number of nitrogens with zero attached hydrogens (tertiary/aromatic N) is 1. The third-order valence-corrected chi connectivity index (χ3v) is 4.75. The number of likely N-dealkylation sites (tertiary alicyclic amines) is 1. The number of hydrogen-bond donors (Lipinski definition) is 2. The number of amides is 2. The van der Waals surface area contributed by atoms with Crippen LogP contribution in [0.1, 0.15) is 46.0 Å². The fourth-order valence-corrected chi connectivity index (χ4v) is 3.10. The molecular weight excluding hydrogens is 290 g/mol. The van der Waals surface area contributed by atoms with Crippen molar-refractivity contribution in [2.24, 2.45) is 17.6 Å². The molecule has 0 aromatic carbocycles. The Morgan fingerprint density at radius 2 is 1.90 bits per heavy atom. The Balaban J connectivity index is 0.00000220. The molecule has 122 valence electrons. The molecule has 5 nitrogen and oxygen atoms in total. The highest BCUT2D eigenvalue weighted by molar-refractivity contribution is 5.87. The van der Waals surface area contributed by atoms with Gasteiger partial charge in [-0.2, -0.15) is 0 Å². The zero-order chi connectivity index (χ0) is 14.7. The number of halogens is 1. The molecule has 2 rings (SSSR count). The fourth-order valence-electron chi connectivity index (χ4n) is 3.10. The number of rotatable bonds is 5. The Morgan fingerprint density at radius 1 is 1.24 bits per heavy atom. The summed E-state index contributed by atoms with van der Waals surface area (Å²) < 4.78 is 0. The van der Waals surface area contributed by atoms with Gasteiger partial charge in [-0.25, -0.2) is 0 Å². The van der Waals surface area contributed by atoms with E-state index < -0.39 is 6.04 Å². The average Bonchev–Trinajstić information content (AvgIpc) is 2.81. The lowest BCUT2D eigenvalue weighted by Gasteiger charge is -2.37. The summed E-state index contributed by atoms with van der Waals surface area (Å²) in [5.41, 5.74) is 5.77. The predicted molar refractivity (Wildman–Crippen MR) is 85.1 cm³/mol. The van der Waals surface area contributed by atoms with Gasteiger partial charge in [0.2, 0.25) is 11.8 Å². The van der Waals surface area contributed by atoms with Crippen LogP contribution in [0.25, 0.3) is 0 Å². The van der Waals surface area contributed by atoms with Gasteiger partial charge in [-0.15, -0.1) is 12.4 Å². The van der Waals surface area contributed by atoms with Gasteiger partial charge in [0.15, 0.2) is 0 Å². The third kappa shape index (κ3) is 4.33. The first-order valence-corrected chi connectivity index (χ1v) is 7.83. The van der Waals surface area contributed by atoms with E-state index in [-0.39, 0.29) is 36.7 Å². The van der Waals surface area contributed by atoms with E-state index in [1.165, 1.54) is 19.3 Å². The van der Waals surface area contributed by atoms with Gasteiger partial charge in [0.1, 0.15) is 0 Å². The van der Waals surface area contributed by atoms with Crippen LogP contribution in [0.4, 0.5) is 0 Å². The summed E-state index contributed by atoms with van der Waals surface area (Å²) in [6.07, 6.45) is 6.00. The topological polar surface area (TPSA) is 75.4 Å². The van der Waals surface area contributed by atoms with Crippen LogP contribution >= 0.6 is 12.4 Å². The van der Waals surface area contributed by atoms with Crippen LogP contribution in [-0.4, -0.2) is 41.9 Å². The highest BCUT2D eigenvalue weighted by Gasteiger charge is 2.37. The Kier molecular flexibility index (Phi) is 6.94. The Bertz CT molecular complexity index is 372. The standard InChI is InChI=1S/C15H27N3O2.ClH/c1-10(2)14(16)15(20)17-9-13(19)18-8-4-7-12(18)11-5-3-6-11;/h10-12,14H,3-9,16H2,1-2H3,(H,17,20);1H/t12?,14-;/m0./s1. The first-order valence-electron chi connectivity index (χ1n) is 7.83. The molecule has 2 fully saturated rings. The lowest BCUT2D eigenvalue weighted by molar-refractivity contribution is -0.135. The van der Waals surface area contributed by atoms with Crippen LogP contribution in [0.3, 0.4) is 0 Å². The molecule has 3 N–H and O–H groups in total. The van der Waals surface area contributed by atoms with Crippen LogP contribution < -0.4 is 11.1 Å². The minimum Gasteiger partial charge on any atom is -0.346 e. The monoisotopic (exact) mass is 317 g/mol. The fraction of sp³-hybridized carbons (Fsp3) is 0.867. The molecule has 2 atom stereocenters. The molecule has 1 saturated heterocycles. The van der Waals surface area contributed by atoms with Gasteiger partial charge < -0.3 is 16.0 Å².